The molecule has 0 heterocycles. The van der Waals surface area contributed by atoms with Crippen LogP contribution in [0.4, 0.5) is 0 Å². The number of nitriles is 1. The fourth-order valence-electron chi connectivity index (χ4n) is 1.50. The van der Waals surface area contributed by atoms with Crippen molar-refractivity contribution in [3.63, 3.8) is 0 Å². The average Bonchev–Trinajstić information content (AvgIpc) is 2.31. The Bertz CT molecular complexity index is 318. The fraction of sp³-hybridized carbons (Fsp3) is 0.462. The highest BCUT2D eigenvalue weighted by molar-refractivity contribution is 5.20. The normalized spacial score (nSPS) is 10.1. The zero-order valence-corrected chi connectivity index (χ0v) is 9.72. The second kappa shape index (κ2) is 7.72. The number of para-hydroxylation sites is 1. The second-order valence-corrected chi connectivity index (χ2v) is 3.60. The van der Waals surface area contributed by atoms with Crippen molar-refractivity contribution in [1.82, 2.24) is 4.90 Å². The molecule has 0 amide bonds. The predicted octanol–water partition coefficient (Wildman–Crippen LogP) is 2.30. The lowest BCUT2D eigenvalue weighted by Crippen LogP contribution is -2.29. The lowest BCUT2D eigenvalue weighted by atomic mass is 10.3. The van der Waals surface area contributed by atoms with E-state index in [9.17, 15) is 0 Å². The predicted molar refractivity (Wildman–Crippen MR) is 64.3 cm³/mol. The van der Waals surface area contributed by atoms with E-state index in [1.807, 2.05) is 30.3 Å². The van der Waals surface area contributed by atoms with E-state index in [4.69, 9.17) is 10.00 Å². The first-order valence-corrected chi connectivity index (χ1v) is 5.64. The van der Waals surface area contributed by atoms with E-state index < -0.39 is 0 Å². The van der Waals surface area contributed by atoms with Crippen molar-refractivity contribution in [1.29, 1.82) is 5.26 Å². The van der Waals surface area contributed by atoms with Crippen LogP contribution < -0.4 is 4.74 Å². The first-order chi connectivity index (χ1) is 7.86. The molecular weight excluding hydrogens is 200 g/mol. The largest absolute Gasteiger partial charge is 0.492 e. The lowest BCUT2D eigenvalue weighted by molar-refractivity contribution is 0.224. The van der Waals surface area contributed by atoms with Gasteiger partial charge in [-0.1, -0.05) is 25.1 Å². The fourth-order valence-corrected chi connectivity index (χ4v) is 1.50. The second-order valence-electron chi connectivity index (χ2n) is 3.60. The number of nitrogens with zero attached hydrogens (tertiary/aromatic N) is 2. The summed E-state index contributed by atoms with van der Waals surface area (Å²) >= 11 is 0. The van der Waals surface area contributed by atoms with E-state index in [1.54, 1.807) is 0 Å². The summed E-state index contributed by atoms with van der Waals surface area (Å²) in [5.41, 5.74) is 0. The Morgan fingerprint density at radius 2 is 2.00 bits per heavy atom. The first-order valence-electron chi connectivity index (χ1n) is 5.64. The van der Waals surface area contributed by atoms with Crippen LogP contribution in [0.15, 0.2) is 30.3 Å². The maximum Gasteiger partial charge on any atom is 0.119 e. The molecule has 1 aromatic carbocycles. The molecule has 1 aromatic rings. The number of ether oxygens (including phenoxy) is 1. The van der Waals surface area contributed by atoms with Crippen molar-refractivity contribution in [3.05, 3.63) is 30.3 Å². The van der Waals surface area contributed by atoms with Crippen LogP contribution >= 0.6 is 0 Å². The number of hydrogen-bond donors (Lipinski definition) is 0. The van der Waals surface area contributed by atoms with Crippen molar-refractivity contribution in [2.75, 3.05) is 26.2 Å². The third-order valence-corrected chi connectivity index (χ3v) is 2.25. The van der Waals surface area contributed by atoms with Gasteiger partial charge in [-0.05, 0) is 25.1 Å². The third kappa shape index (κ3) is 4.81. The molecular formula is C13H18N2O. The minimum atomic E-state index is 0.478. The summed E-state index contributed by atoms with van der Waals surface area (Å²) < 4.78 is 5.58. The monoisotopic (exact) mass is 218 g/mol. The summed E-state index contributed by atoms with van der Waals surface area (Å²) in [6, 6.07) is 11.9. The summed E-state index contributed by atoms with van der Waals surface area (Å²) in [7, 11) is 0. The van der Waals surface area contributed by atoms with Gasteiger partial charge in [0.2, 0.25) is 0 Å². The summed E-state index contributed by atoms with van der Waals surface area (Å²) in [5, 5.41) is 8.65. The molecule has 0 saturated heterocycles. The molecule has 0 radical (unpaired) electrons. The van der Waals surface area contributed by atoms with Crippen molar-refractivity contribution in [3.8, 4) is 11.8 Å². The number of rotatable bonds is 7. The van der Waals surface area contributed by atoms with Gasteiger partial charge in [0, 0.05) is 6.54 Å². The van der Waals surface area contributed by atoms with E-state index in [1.165, 1.54) is 0 Å². The van der Waals surface area contributed by atoms with Crippen LogP contribution in [0.1, 0.15) is 13.3 Å². The highest BCUT2D eigenvalue weighted by Crippen LogP contribution is 2.07. The molecule has 0 unspecified atom stereocenters. The summed E-state index contributed by atoms with van der Waals surface area (Å²) in [6.07, 6.45) is 1.06. The molecule has 0 aliphatic carbocycles. The Morgan fingerprint density at radius 1 is 1.25 bits per heavy atom. The molecule has 0 aliphatic heterocycles. The van der Waals surface area contributed by atoms with Crippen LogP contribution in [0.3, 0.4) is 0 Å². The Kier molecular flexibility index (Phi) is 6.05. The smallest absolute Gasteiger partial charge is 0.119 e. The van der Waals surface area contributed by atoms with E-state index in [0.29, 0.717) is 13.2 Å². The lowest BCUT2D eigenvalue weighted by Gasteiger charge is -2.18. The quantitative estimate of drug-likeness (QED) is 0.659. The number of hydrogen-bond acceptors (Lipinski definition) is 3. The highest BCUT2D eigenvalue weighted by Gasteiger charge is 2.02. The van der Waals surface area contributed by atoms with E-state index in [-0.39, 0.29) is 0 Å². The van der Waals surface area contributed by atoms with Gasteiger partial charge in [-0.3, -0.25) is 4.90 Å². The molecule has 0 bridgehead atoms. The van der Waals surface area contributed by atoms with Crippen molar-refractivity contribution in [2.45, 2.75) is 13.3 Å². The third-order valence-electron chi connectivity index (χ3n) is 2.25. The van der Waals surface area contributed by atoms with Crippen LogP contribution in [-0.4, -0.2) is 31.1 Å². The van der Waals surface area contributed by atoms with Gasteiger partial charge in [0.15, 0.2) is 0 Å². The molecule has 0 aliphatic rings. The standard InChI is InChI=1S/C13H18N2O/c1-2-9-15(10-8-14)11-12-16-13-6-4-3-5-7-13/h3-7H,2,9-12H2,1H3. The van der Waals surface area contributed by atoms with Crippen molar-refractivity contribution in [2.24, 2.45) is 0 Å². The van der Waals surface area contributed by atoms with Gasteiger partial charge in [0.25, 0.3) is 0 Å². The van der Waals surface area contributed by atoms with E-state index in [0.717, 1.165) is 25.3 Å². The van der Waals surface area contributed by atoms with Gasteiger partial charge in [0.1, 0.15) is 12.4 Å². The van der Waals surface area contributed by atoms with Gasteiger partial charge in [0.05, 0.1) is 12.6 Å². The molecule has 3 heteroatoms. The van der Waals surface area contributed by atoms with Gasteiger partial charge in [-0.25, -0.2) is 0 Å². The molecule has 0 N–H and O–H groups in total. The van der Waals surface area contributed by atoms with Gasteiger partial charge in [-0.2, -0.15) is 5.26 Å². The van der Waals surface area contributed by atoms with Crippen LogP contribution in [0, 0.1) is 11.3 Å². The molecule has 3 nitrogen and oxygen atoms in total. The Balaban J connectivity index is 2.25. The summed E-state index contributed by atoms with van der Waals surface area (Å²) in [6.45, 7) is 4.97. The minimum Gasteiger partial charge on any atom is -0.492 e. The molecule has 16 heavy (non-hydrogen) atoms. The Labute approximate surface area is 97.3 Å². The van der Waals surface area contributed by atoms with Gasteiger partial charge >= 0.3 is 0 Å². The van der Waals surface area contributed by atoms with Crippen molar-refractivity contribution < 1.29 is 4.74 Å². The maximum atomic E-state index is 8.65. The Hall–Kier alpha value is -1.53. The minimum absolute atomic E-state index is 0.478. The van der Waals surface area contributed by atoms with Crippen molar-refractivity contribution >= 4 is 0 Å². The topological polar surface area (TPSA) is 36.3 Å². The van der Waals surface area contributed by atoms with Crippen LogP contribution in [0.2, 0.25) is 0 Å². The summed E-state index contributed by atoms with van der Waals surface area (Å²) in [4.78, 5) is 2.10. The molecule has 0 saturated carbocycles. The summed E-state index contributed by atoms with van der Waals surface area (Å²) in [5.74, 6) is 0.885. The van der Waals surface area contributed by atoms with Crippen LogP contribution in [0.25, 0.3) is 0 Å². The SMILES string of the molecule is CCCN(CC#N)CCOc1ccccc1. The Morgan fingerprint density at radius 3 is 2.62 bits per heavy atom. The molecule has 0 spiro atoms. The first kappa shape index (κ1) is 12.5. The zero-order valence-electron chi connectivity index (χ0n) is 9.72. The molecule has 0 fully saturated rings. The van der Waals surface area contributed by atoms with Crippen LogP contribution in [-0.2, 0) is 0 Å². The molecule has 0 aromatic heterocycles. The zero-order chi connectivity index (χ0) is 11.6. The average molecular weight is 218 g/mol. The van der Waals surface area contributed by atoms with E-state index in [2.05, 4.69) is 17.9 Å². The molecule has 0 atom stereocenters. The molecule has 1 rings (SSSR count). The number of benzene rings is 1. The van der Waals surface area contributed by atoms with Crippen LogP contribution in [0.5, 0.6) is 5.75 Å². The van der Waals surface area contributed by atoms with Gasteiger partial charge < -0.3 is 4.74 Å². The highest BCUT2D eigenvalue weighted by atomic mass is 16.5. The molecule has 86 valence electrons. The van der Waals surface area contributed by atoms with Gasteiger partial charge in [-0.15, -0.1) is 0 Å². The van der Waals surface area contributed by atoms with E-state index >= 15 is 0 Å². The maximum absolute atomic E-state index is 8.65.